The first-order valence-corrected chi connectivity index (χ1v) is 7.71. The number of nitrogens with two attached hydrogens (primary N) is 1. The van der Waals surface area contributed by atoms with Crippen LogP contribution in [0.2, 0.25) is 0 Å². The molecule has 0 spiro atoms. The Kier molecular flexibility index (Phi) is 3.48. The van der Waals surface area contributed by atoms with Crippen molar-refractivity contribution in [2.75, 3.05) is 19.9 Å². The maximum Gasteiger partial charge on any atom is 0.231 e. The smallest absolute Gasteiger partial charge is 0.231 e. The largest absolute Gasteiger partial charge is 0.454 e. The lowest BCUT2D eigenvalue weighted by Crippen LogP contribution is -2.28. The van der Waals surface area contributed by atoms with E-state index in [4.69, 9.17) is 15.2 Å². The summed E-state index contributed by atoms with van der Waals surface area (Å²) < 4.78 is 11.0. The second-order valence-electron chi connectivity index (χ2n) is 6.03. The zero-order chi connectivity index (χ0) is 14.9. The minimum Gasteiger partial charge on any atom is -0.454 e. The van der Waals surface area contributed by atoms with Crippen LogP contribution in [-0.4, -0.2) is 30.8 Å². The van der Waals surface area contributed by atoms with E-state index in [0.29, 0.717) is 12.7 Å². The third kappa shape index (κ3) is 2.45. The van der Waals surface area contributed by atoms with Crippen LogP contribution in [0.15, 0.2) is 48.5 Å². The van der Waals surface area contributed by atoms with E-state index >= 15 is 0 Å². The summed E-state index contributed by atoms with van der Waals surface area (Å²) in [4.78, 5) is 2.40. The molecule has 22 heavy (non-hydrogen) atoms. The molecule has 2 aromatic carbocycles. The van der Waals surface area contributed by atoms with Crippen LogP contribution in [-0.2, 0) is 6.54 Å². The van der Waals surface area contributed by atoms with E-state index in [9.17, 15) is 0 Å². The highest BCUT2D eigenvalue weighted by molar-refractivity contribution is 5.48. The van der Waals surface area contributed by atoms with Gasteiger partial charge in [0.25, 0.3) is 0 Å². The summed E-state index contributed by atoms with van der Waals surface area (Å²) in [7, 11) is 0. The number of ether oxygens (including phenoxy) is 2. The Balaban J connectivity index is 1.50. The molecular formula is C18H20N2O2. The number of rotatable bonds is 3. The molecule has 4 rings (SSSR count). The fourth-order valence-corrected chi connectivity index (χ4v) is 3.45. The third-order valence-electron chi connectivity index (χ3n) is 4.54. The van der Waals surface area contributed by atoms with E-state index in [1.807, 2.05) is 18.2 Å². The quantitative estimate of drug-likeness (QED) is 0.944. The topological polar surface area (TPSA) is 47.7 Å². The Labute approximate surface area is 130 Å². The highest BCUT2D eigenvalue weighted by Gasteiger charge is 2.32. The molecule has 1 saturated heterocycles. The number of para-hydroxylation sites is 1. The lowest BCUT2D eigenvalue weighted by atomic mass is 9.95. The average Bonchev–Trinajstić information content (AvgIpc) is 3.15. The van der Waals surface area contributed by atoms with Crippen molar-refractivity contribution in [3.63, 3.8) is 0 Å². The van der Waals surface area contributed by atoms with Crippen molar-refractivity contribution in [2.24, 2.45) is 5.73 Å². The second-order valence-corrected chi connectivity index (χ2v) is 6.03. The molecule has 0 bridgehead atoms. The molecule has 2 aromatic rings. The molecule has 2 aliphatic rings. The highest BCUT2D eigenvalue weighted by Crippen LogP contribution is 2.37. The van der Waals surface area contributed by atoms with E-state index in [2.05, 4.69) is 35.2 Å². The van der Waals surface area contributed by atoms with Gasteiger partial charge in [0.05, 0.1) is 0 Å². The van der Waals surface area contributed by atoms with Gasteiger partial charge >= 0.3 is 0 Å². The fourth-order valence-electron chi connectivity index (χ4n) is 3.45. The molecule has 0 aromatic heterocycles. The van der Waals surface area contributed by atoms with E-state index < -0.39 is 0 Å². The summed E-state index contributed by atoms with van der Waals surface area (Å²) in [6.07, 6.45) is 0. The van der Waals surface area contributed by atoms with Gasteiger partial charge in [-0.15, -0.1) is 0 Å². The van der Waals surface area contributed by atoms with Crippen LogP contribution in [0.3, 0.4) is 0 Å². The number of hydrogen-bond donors (Lipinski definition) is 1. The van der Waals surface area contributed by atoms with Crippen LogP contribution in [0.25, 0.3) is 0 Å². The predicted octanol–water partition coefficient (Wildman–Crippen LogP) is 2.34. The molecule has 4 heteroatoms. The van der Waals surface area contributed by atoms with Crippen LogP contribution in [0, 0.1) is 0 Å². The third-order valence-corrected chi connectivity index (χ3v) is 4.54. The van der Waals surface area contributed by atoms with Gasteiger partial charge < -0.3 is 15.2 Å². The Morgan fingerprint density at radius 2 is 1.86 bits per heavy atom. The van der Waals surface area contributed by atoms with Gasteiger partial charge in [-0.05, 0) is 11.6 Å². The summed E-state index contributed by atoms with van der Waals surface area (Å²) in [5.74, 6) is 2.13. The van der Waals surface area contributed by atoms with Gasteiger partial charge in [-0.25, -0.2) is 0 Å². The molecule has 2 aliphatic heterocycles. The zero-order valence-electron chi connectivity index (χ0n) is 12.4. The lowest BCUT2D eigenvalue weighted by Gasteiger charge is -2.17. The summed E-state index contributed by atoms with van der Waals surface area (Å²) in [5.41, 5.74) is 8.88. The van der Waals surface area contributed by atoms with Crippen molar-refractivity contribution in [3.05, 3.63) is 59.7 Å². The Bertz CT molecular complexity index is 659. The molecule has 2 atom stereocenters. The van der Waals surface area contributed by atoms with Crippen molar-refractivity contribution in [1.82, 2.24) is 4.90 Å². The maximum atomic E-state index is 6.37. The predicted molar refractivity (Wildman–Crippen MR) is 85.0 cm³/mol. The maximum absolute atomic E-state index is 6.37. The van der Waals surface area contributed by atoms with Gasteiger partial charge in [-0.3, -0.25) is 4.90 Å². The summed E-state index contributed by atoms with van der Waals surface area (Å²) in [5, 5.41) is 0. The molecule has 114 valence electrons. The van der Waals surface area contributed by atoms with Gasteiger partial charge in [-0.1, -0.05) is 42.5 Å². The lowest BCUT2D eigenvalue weighted by molar-refractivity contribution is 0.172. The van der Waals surface area contributed by atoms with Gasteiger partial charge in [0.15, 0.2) is 11.5 Å². The normalized spacial score (nSPS) is 23.9. The highest BCUT2D eigenvalue weighted by atomic mass is 16.7. The van der Waals surface area contributed by atoms with Crippen molar-refractivity contribution in [2.45, 2.75) is 18.5 Å². The Morgan fingerprint density at radius 1 is 1.00 bits per heavy atom. The van der Waals surface area contributed by atoms with Gasteiger partial charge in [0.1, 0.15) is 0 Å². The van der Waals surface area contributed by atoms with Gasteiger partial charge in [-0.2, -0.15) is 0 Å². The van der Waals surface area contributed by atoms with Gasteiger partial charge in [0.2, 0.25) is 6.79 Å². The zero-order valence-corrected chi connectivity index (χ0v) is 12.4. The van der Waals surface area contributed by atoms with Crippen LogP contribution < -0.4 is 15.2 Å². The Morgan fingerprint density at radius 3 is 2.73 bits per heavy atom. The van der Waals surface area contributed by atoms with Gasteiger partial charge in [0, 0.05) is 37.2 Å². The SMILES string of the molecule is N[C@@H]1CN(Cc2cccc3c2OCO3)C[C@H]1c1ccccc1. The minimum absolute atomic E-state index is 0.177. The summed E-state index contributed by atoms with van der Waals surface area (Å²) in [6.45, 7) is 3.06. The molecule has 0 aliphatic carbocycles. The first-order chi connectivity index (χ1) is 10.8. The summed E-state index contributed by atoms with van der Waals surface area (Å²) in [6, 6.07) is 16.8. The van der Waals surface area contributed by atoms with Crippen molar-refractivity contribution in [3.8, 4) is 11.5 Å². The monoisotopic (exact) mass is 296 g/mol. The average molecular weight is 296 g/mol. The van der Waals surface area contributed by atoms with E-state index in [1.165, 1.54) is 11.1 Å². The molecule has 0 radical (unpaired) electrons. The van der Waals surface area contributed by atoms with E-state index in [1.54, 1.807) is 0 Å². The number of fused-ring (bicyclic) bond motifs is 1. The van der Waals surface area contributed by atoms with E-state index in [0.717, 1.165) is 31.1 Å². The number of benzene rings is 2. The number of nitrogens with zero attached hydrogens (tertiary/aromatic N) is 1. The molecule has 2 heterocycles. The minimum atomic E-state index is 0.177. The molecule has 2 N–H and O–H groups in total. The van der Waals surface area contributed by atoms with Crippen LogP contribution >= 0.6 is 0 Å². The van der Waals surface area contributed by atoms with Crippen molar-refractivity contribution in [1.29, 1.82) is 0 Å². The Hall–Kier alpha value is -2.04. The van der Waals surface area contributed by atoms with Crippen LogP contribution in [0.5, 0.6) is 11.5 Å². The first-order valence-electron chi connectivity index (χ1n) is 7.71. The number of likely N-dealkylation sites (tertiary alicyclic amines) is 1. The second kappa shape index (κ2) is 5.63. The van der Waals surface area contributed by atoms with Crippen molar-refractivity contribution >= 4 is 0 Å². The van der Waals surface area contributed by atoms with Crippen LogP contribution in [0.4, 0.5) is 0 Å². The molecule has 0 saturated carbocycles. The molecule has 0 unspecified atom stereocenters. The molecule has 1 fully saturated rings. The van der Waals surface area contributed by atoms with Crippen molar-refractivity contribution < 1.29 is 9.47 Å². The van der Waals surface area contributed by atoms with E-state index in [-0.39, 0.29) is 6.04 Å². The molecular weight excluding hydrogens is 276 g/mol. The van der Waals surface area contributed by atoms with Crippen LogP contribution in [0.1, 0.15) is 17.0 Å². The first kappa shape index (κ1) is 13.6. The number of hydrogen-bond acceptors (Lipinski definition) is 4. The molecule has 4 nitrogen and oxygen atoms in total. The standard InChI is InChI=1S/C18H20N2O2/c19-16-11-20(10-15(16)13-5-2-1-3-6-13)9-14-7-4-8-17-18(14)22-12-21-17/h1-8,15-16H,9-12,19H2/t15-,16+/m0/s1. The fraction of sp³-hybridized carbons (Fsp3) is 0.333. The summed E-state index contributed by atoms with van der Waals surface area (Å²) >= 11 is 0. The molecule has 0 amide bonds.